The van der Waals surface area contributed by atoms with Crippen LogP contribution in [0.15, 0.2) is 12.1 Å². The van der Waals surface area contributed by atoms with Crippen molar-refractivity contribution in [3.63, 3.8) is 0 Å². The molecule has 17 heavy (non-hydrogen) atoms. The van der Waals surface area contributed by atoms with Crippen molar-refractivity contribution in [1.82, 2.24) is 0 Å². The van der Waals surface area contributed by atoms with Gasteiger partial charge in [0.25, 0.3) is 0 Å². The first-order valence-electron chi connectivity index (χ1n) is 4.87. The SMILES string of the molecule is Cc1cc(B(O)O)cc(C)c1OCC(F)(F)F. The van der Waals surface area contributed by atoms with Crippen molar-refractivity contribution in [3.8, 4) is 5.75 Å². The molecule has 1 aromatic rings. The molecule has 0 bridgehead atoms. The van der Waals surface area contributed by atoms with E-state index in [0.29, 0.717) is 11.1 Å². The third kappa shape index (κ3) is 3.94. The van der Waals surface area contributed by atoms with Crippen molar-refractivity contribution in [2.45, 2.75) is 20.0 Å². The molecule has 1 rings (SSSR count). The van der Waals surface area contributed by atoms with Crippen LogP contribution in [0.2, 0.25) is 0 Å². The second kappa shape index (κ2) is 4.97. The third-order valence-corrected chi connectivity index (χ3v) is 2.16. The van der Waals surface area contributed by atoms with E-state index in [9.17, 15) is 13.2 Å². The van der Waals surface area contributed by atoms with E-state index in [1.54, 1.807) is 13.8 Å². The normalized spacial score (nSPS) is 11.5. The lowest BCUT2D eigenvalue weighted by atomic mass is 9.78. The first-order chi connectivity index (χ1) is 7.70. The number of rotatable bonds is 3. The van der Waals surface area contributed by atoms with Crippen LogP contribution in [-0.4, -0.2) is 29.9 Å². The Hall–Kier alpha value is -1.21. The van der Waals surface area contributed by atoms with Gasteiger partial charge in [-0.05, 0) is 30.4 Å². The van der Waals surface area contributed by atoms with E-state index in [4.69, 9.17) is 10.0 Å². The van der Waals surface area contributed by atoms with Crippen LogP contribution in [0.3, 0.4) is 0 Å². The van der Waals surface area contributed by atoms with Crippen molar-refractivity contribution in [2.24, 2.45) is 0 Å². The Morgan fingerprint density at radius 1 is 1.18 bits per heavy atom. The molecule has 0 amide bonds. The Labute approximate surface area is 97.0 Å². The fourth-order valence-corrected chi connectivity index (χ4v) is 1.51. The quantitative estimate of drug-likeness (QED) is 0.782. The summed E-state index contributed by atoms with van der Waals surface area (Å²) in [6.07, 6.45) is -4.39. The van der Waals surface area contributed by atoms with Crippen LogP contribution in [-0.2, 0) is 0 Å². The van der Waals surface area contributed by atoms with Crippen LogP contribution in [0.5, 0.6) is 5.75 Å². The zero-order chi connectivity index (χ0) is 13.2. The summed E-state index contributed by atoms with van der Waals surface area (Å²) in [7, 11) is -1.65. The maximum absolute atomic E-state index is 12.0. The molecule has 1 aromatic carbocycles. The molecule has 94 valence electrons. The Morgan fingerprint density at radius 3 is 2.00 bits per heavy atom. The topological polar surface area (TPSA) is 49.7 Å². The van der Waals surface area contributed by atoms with Gasteiger partial charge < -0.3 is 14.8 Å². The maximum Gasteiger partial charge on any atom is 0.488 e. The summed E-state index contributed by atoms with van der Waals surface area (Å²) in [6, 6.07) is 2.76. The standard InChI is InChI=1S/C10H12BF3O3/c1-6-3-8(11(15)16)4-7(2)9(6)17-5-10(12,13)14/h3-4,15-16H,5H2,1-2H3. The van der Waals surface area contributed by atoms with Gasteiger partial charge in [0, 0.05) is 0 Å². The van der Waals surface area contributed by atoms with Crippen molar-refractivity contribution >= 4 is 12.6 Å². The summed E-state index contributed by atoms with van der Waals surface area (Å²) in [4.78, 5) is 0. The molecule has 0 saturated carbocycles. The van der Waals surface area contributed by atoms with E-state index in [-0.39, 0.29) is 11.2 Å². The molecule has 0 fully saturated rings. The number of aryl methyl sites for hydroxylation is 2. The minimum Gasteiger partial charge on any atom is -0.484 e. The second-order valence-corrected chi connectivity index (χ2v) is 3.76. The Morgan fingerprint density at radius 2 is 1.65 bits per heavy atom. The summed E-state index contributed by atoms with van der Waals surface area (Å²) in [5.74, 6) is 0.117. The van der Waals surface area contributed by atoms with Crippen LogP contribution in [0, 0.1) is 13.8 Å². The molecule has 0 saturated heterocycles. The zero-order valence-electron chi connectivity index (χ0n) is 9.38. The first-order valence-corrected chi connectivity index (χ1v) is 4.87. The van der Waals surface area contributed by atoms with Gasteiger partial charge >= 0.3 is 13.3 Å². The number of halogens is 3. The summed E-state index contributed by atoms with van der Waals surface area (Å²) >= 11 is 0. The summed E-state index contributed by atoms with van der Waals surface area (Å²) in [5.41, 5.74) is 1.08. The number of hydrogen-bond donors (Lipinski definition) is 2. The molecular formula is C10H12BF3O3. The highest BCUT2D eigenvalue weighted by Gasteiger charge is 2.29. The molecule has 0 unspecified atom stereocenters. The van der Waals surface area contributed by atoms with Crippen molar-refractivity contribution in [3.05, 3.63) is 23.3 Å². The largest absolute Gasteiger partial charge is 0.488 e. The highest BCUT2D eigenvalue weighted by atomic mass is 19.4. The Kier molecular flexibility index (Phi) is 4.05. The molecule has 0 aliphatic rings. The molecule has 0 aromatic heterocycles. The molecule has 0 heterocycles. The van der Waals surface area contributed by atoms with Gasteiger partial charge in [-0.1, -0.05) is 12.1 Å². The van der Waals surface area contributed by atoms with Crippen LogP contribution >= 0.6 is 0 Å². The molecule has 0 atom stereocenters. The number of benzene rings is 1. The van der Waals surface area contributed by atoms with E-state index in [0.717, 1.165) is 0 Å². The second-order valence-electron chi connectivity index (χ2n) is 3.76. The lowest BCUT2D eigenvalue weighted by Crippen LogP contribution is -2.30. The van der Waals surface area contributed by atoms with Gasteiger partial charge in [-0.3, -0.25) is 0 Å². The van der Waals surface area contributed by atoms with Crippen LogP contribution in [0.1, 0.15) is 11.1 Å². The summed E-state index contributed by atoms with van der Waals surface area (Å²) < 4.78 is 40.7. The molecule has 0 spiro atoms. The molecular weight excluding hydrogens is 236 g/mol. The average molecular weight is 248 g/mol. The van der Waals surface area contributed by atoms with Gasteiger partial charge in [-0.15, -0.1) is 0 Å². The van der Waals surface area contributed by atoms with Crippen LogP contribution in [0.25, 0.3) is 0 Å². The smallest absolute Gasteiger partial charge is 0.484 e. The van der Waals surface area contributed by atoms with Gasteiger partial charge in [-0.2, -0.15) is 13.2 Å². The Bertz CT molecular complexity index is 381. The van der Waals surface area contributed by atoms with Gasteiger partial charge in [-0.25, -0.2) is 0 Å². The van der Waals surface area contributed by atoms with Crippen molar-refractivity contribution in [1.29, 1.82) is 0 Å². The number of alkyl halides is 3. The predicted molar refractivity (Wildman–Crippen MR) is 57.3 cm³/mol. The monoisotopic (exact) mass is 248 g/mol. The highest BCUT2D eigenvalue weighted by molar-refractivity contribution is 6.58. The molecule has 0 aliphatic carbocycles. The van der Waals surface area contributed by atoms with Crippen molar-refractivity contribution in [2.75, 3.05) is 6.61 Å². The molecule has 3 nitrogen and oxygen atoms in total. The maximum atomic E-state index is 12.0. The molecule has 7 heteroatoms. The van der Waals surface area contributed by atoms with E-state index >= 15 is 0 Å². The lowest BCUT2D eigenvalue weighted by Gasteiger charge is -2.15. The van der Waals surface area contributed by atoms with E-state index in [1.165, 1.54) is 12.1 Å². The number of hydrogen-bond acceptors (Lipinski definition) is 3. The average Bonchev–Trinajstić information content (AvgIpc) is 2.14. The van der Waals surface area contributed by atoms with Gasteiger partial charge in [0.15, 0.2) is 6.61 Å². The van der Waals surface area contributed by atoms with E-state index < -0.39 is 19.9 Å². The minimum absolute atomic E-state index is 0.117. The zero-order valence-corrected chi connectivity index (χ0v) is 9.38. The van der Waals surface area contributed by atoms with Gasteiger partial charge in [0.1, 0.15) is 5.75 Å². The molecule has 2 N–H and O–H groups in total. The fourth-order valence-electron chi connectivity index (χ4n) is 1.51. The number of ether oxygens (including phenoxy) is 1. The van der Waals surface area contributed by atoms with Gasteiger partial charge in [0.05, 0.1) is 0 Å². The fraction of sp³-hybridized carbons (Fsp3) is 0.400. The summed E-state index contributed by atoms with van der Waals surface area (Å²) in [6.45, 7) is 1.73. The highest BCUT2D eigenvalue weighted by Crippen LogP contribution is 2.24. The summed E-state index contributed by atoms with van der Waals surface area (Å²) in [5, 5.41) is 17.9. The van der Waals surface area contributed by atoms with E-state index in [1.807, 2.05) is 0 Å². The molecule has 0 radical (unpaired) electrons. The minimum atomic E-state index is -4.39. The van der Waals surface area contributed by atoms with Crippen molar-refractivity contribution < 1.29 is 28.0 Å². The van der Waals surface area contributed by atoms with Crippen LogP contribution < -0.4 is 10.2 Å². The lowest BCUT2D eigenvalue weighted by molar-refractivity contribution is -0.153. The first kappa shape index (κ1) is 13.9. The predicted octanol–water partition coefficient (Wildman–Crippen LogP) is 0.924. The Balaban J connectivity index is 2.94. The van der Waals surface area contributed by atoms with E-state index in [2.05, 4.69) is 4.74 Å². The molecule has 0 aliphatic heterocycles. The van der Waals surface area contributed by atoms with Crippen LogP contribution in [0.4, 0.5) is 13.2 Å². The van der Waals surface area contributed by atoms with Gasteiger partial charge in [0.2, 0.25) is 0 Å². The third-order valence-electron chi connectivity index (χ3n) is 2.16.